The summed E-state index contributed by atoms with van der Waals surface area (Å²) in [5.74, 6) is -0.694. The van der Waals surface area contributed by atoms with Crippen LogP contribution in [0.15, 0.2) is 42.5 Å². The van der Waals surface area contributed by atoms with Gasteiger partial charge in [0.1, 0.15) is 11.3 Å². The van der Waals surface area contributed by atoms with Gasteiger partial charge in [0.25, 0.3) is 0 Å². The first-order chi connectivity index (χ1) is 13.4. The van der Waals surface area contributed by atoms with E-state index in [-0.39, 0.29) is 17.7 Å². The number of hydrogen-bond donors (Lipinski definition) is 2. The van der Waals surface area contributed by atoms with E-state index < -0.39 is 5.97 Å². The maximum atomic E-state index is 12.3. The van der Waals surface area contributed by atoms with E-state index in [1.807, 2.05) is 44.2 Å². The van der Waals surface area contributed by atoms with Gasteiger partial charge in [0.05, 0.1) is 6.10 Å². The van der Waals surface area contributed by atoms with E-state index in [1.165, 1.54) is 0 Å². The highest BCUT2D eigenvalue weighted by Gasteiger charge is 2.17. The average molecular weight is 384 g/mol. The van der Waals surface area contributed by atoms with Crippen molar-refractivity contribution >= 4 is 17.7 Å². The molecule has 0 radical (unpaired) electrons. The van der Waals surface area contributed by atoms with Crippen LogP contribution in [0.4, 0.5) is 10.5 Å². The lowest BCUT2D eigenvalue weighted by Gasteiger charge is -2.23. The van der Waals surface area contributed by atoms with E-state index in [4.69, 9.17) is 4.74 Å². The molecule has 0 aliphatic carbocycles. The van der Waals surface area contributed by atoms with Crippen LogP contribution in [-0.4, -0.2) is 36.8 Å². The third-order valence-corrected chi connectivity index (χ3v) is 4.26. The first-order valence-corrected chi connectivity index (χ1v) is 9.51. The van der Waals surface area contributed by atoms with Crippen LogP contribution >= 0.6 is 0 Å². The second-order valence-electron chi connectivity index (χ2n) is 6.79. The summed E-state index contributed by atoms with van der Waals surface area (Å²) in [6, 6.07) is 12.5. The Morgan fingerprint density at radius 1 is 1.14 bits per heavy atom. The number of carboxylic acid groups (broad SMARTS) is 1. The fraction of sp³-hybridized carbons (Fsp3) is 0.364. The molecule has 2 rings (SSSR count). The van der Waals surface area contributed by atoms with Crippen molar-refractivity contribution < 1.29 is 19.4 Å². The predicted molar refractivity (Wildman–Crippen MR) is 111 cm³/mol. The molecule has 0 bridgehead atoms. The number of anilines is 1. The number of nitrogens with one attached hydrogen (secondary N) is 1. The number of unbranched alkanes of at least 4 members (excludes halogenated alkanes) is 1. The number of amides is 2. The Morgan fingerprint density at radius 2 is 1.86 bits per heavy atom. The molecule has 2 N–H and O–H groups in total. The van der Waals surface area contributed by atoms with Gasteiger partial charge in [-0.25, -0.2) is 9.59 Å². The van der Waals surface area contributed by atoms with Gasteiger partial charge < -0.3 is 15.2 Å². The minimum absolute atomic E-state index is 0.116. The summed E-state index contributed by atoms with van der Waals surface area (Å²) < 4.78 is 5.61. The minimum Gasteiger partial charge on any atom is -0.490 e. The normalized spacial score (nSPS) is 10.6. The Kier molecular flexibility index (Phi) is 7.44. The third kappa shape index (κ3) is 5.25. The monoisotopic (exact) mass is 384 g/mol. The predicted octanol–water partition coefficient (Wildman–Crippen LogP) is 4.78. The molecule has 150 valence electrons. The highest BCUT2D eigenvalue weighted by atomic mass is 16.5. The first-order valence-electron chi connectivity index (χ1n) is 9.51. The van der Waals surface area contributed by atoms with Gasteiger partial charge in [0.15, 0.2) is 0 Å². The molecule has 0 heterocycles. The highest BCUT2D eigenvalue weighted by Crippen LogP contribution is 2.30. The highest BCUT2D eigenvalue weighted by molar-refractivity contribution is 5.94. The summed E-state index contributed by atoms with van der Waals surface area (Å²) in [5, 5.41) is 12.2. The molecule has 0 saturated heterocycles. The standard InChI is InChI=1S/C22H28N2O4/c1-5-6-12-24(22(27)23-4)18-9-7-8-16(13-18)17-10-11-20(28-15(2)3)19(14-17)21(25)26/h7-11,13-15H,5-6,12H2,1-4H3,(H,23,27)(H,25,26). The summed E-state index contributed by atoms with van der Waals surface area (Å²) >= 11 is 0. The maximum Gasteiger partial charge on any atom is 0.339 e. The molecule has 2 aromatic rings. The van der Waals surface area contributed by atoms with Crippen molar-refractivity contribution in [1.29, 1.82) is 0 Å². The Bertz CT molecular complexity index is 833. The molecule has 0 saturated carbocycles. The Labute approximate surface area is 166 Å². The molecule has 6 nitrogen and oxygen atoms in total. The van der Waals surface area contributed by atoms with Crippen molar-refractivity contribution in [1.82, 2.24) is 5.32 Å². The molecule has 2 amide bonds. The second kappa shape index (κ2) is 9.78. The zero-order valence-corrected chi connectivity index (χ0v) is 16.9. The number of carboxylic acids is 1. The molecule has 2 aromatic carbocycles. The van der Waals surface area contributed by atoms with Gasteiger partial charge in [-0.15, -0.1) is 0 Å². The largest absolute Gasteiger partial charge is 0.490 e. The van der Waals surface area contributed by atoms with Crippen LogP contribution in [-0.2, 0) is 0 Å². The van der Waals surface area contributed by atoms with E-state index in [0.717, 1.165) is 29.7 Å². The van der Waals surface area contributed by atoms with Crippen molar-refractivity contribution in [2.24, 2.45) is 0 Å². The molecule has 0 atom stereocenters. The molecular weight excluding hydrogens is 356 g/mol. The van der Waals surface area contributed by atoms with Gasteiger partial charge in [-0.05, 0) is 55.7 Å². The molecule has 0 aromatic heterocycles. The number of rotatable bonds is 8. The number of ether oxygens (including phenoxy) is 1. The topological polar surface area (TPSA) is 78.9 Å². The lowest BCUT2D eigenvalue weighted by atomic mass is 10.0. The summed E-state index contributed by atoms with van der Waals surface area (Å²) in [5.41, 5.74) is 2.47. The fourth-order valence-electron chi connectivity index (χ4n) is 2.89. The number of benzene rings is 2. The van der Waals surface area contributed by atoms with Gasteiger partial charge >= 0.3 is 12.0 Å². The van der Waals surface area contributed by atoms with Crippen LogP contribution in [0.5, 0.6) is 5.75 Å². The van der Waals surface area contributed by atoms with E-state index >= 15 is 0 Å². The average Bonchev–Trinajstić information content (AvgIpc) is 2.68. The maximum absolute atomic E-state index is 12.3. The van der Waals surface area contributed by atoms with Crippen molar-refractivity contribution in [3.63, 3.8) is 0 Å². The van der Waals surface area contributed by atoms with Gasteiger partial charge in [-0.2, -0.15) is 0 Å². The third-order valence-electron chi connectivity index (χ3n) is 4.26. The quantitative estimate of drug-likeness (QED) is 0.686. The van der Waals surface area contributed by atoms with E-state index in [9.17, 15) is 14.7 Å². The van der Waals surface area contributed by atoms with Gasteiger partial charge in [0.2, 0.25) is 0 Å². The lowest BCUT2D eigenvalue weighted by Crippen LogP contribution is -2.38. The number of carbonyl (C=O) groups is 2. The summed E-state index contributed by atoms with van der Waals surface area (Å²) in [4.78, 5) is 25.6. The molecule has 0 unspecified atom stereocenters. The molecule has 0 aliphatic heterocycles. The lowest BCUT2D eigenvalue weighted by molar-refractivity contribution is 0.0690. The number of carbonyl (C=O) groups excluding carboxylic acids is 1. The van der Waals surface area contributed by atoms with Crippen LogP contribution < -0.4 is 15.0 Å². The number of aromatic carboxylic acids is 1. The van der Waals surface area contributed by atoms with E-state index in [2.05, 4.69) is 12.2 Å². The van der Waals surface area contributed by atoms with Crippen molar-refractivity contribution in [3.8, 4) is 16.9 Å². The van der Waals surface area contributed by atoms with Crippen molar-refractivity contribution in [2.75, 3.05) is 18.5 Å². The molecule has 6 heteroatoms. The van der Waals surface area contributed by atoms with Crippen molar-refractivity contribution in [2.45, 2.75) is 39.7 Å². The van der Waals surface area contributed by atoms with Crippen LogP contribution in [0.3, 0.4) is 0 Å². The summed E-state index contributed by atoms with van der Waals surface area (Å²) in [6.07, 6.45) is 1.75. The zero-order valence-electron chi connectivity index (χ0n) is 16.9. The Morgan fingerprint density at radius 3 is 2.46 bits per heavy atom. The van der Waals surface area contributed by atoms with Crippen LogP contribution in [0, 0.1) is 0 Å². The van der Waals surface area contributed by atoms with Crippen LogP contribution in [0.25, 0.3) is 11.1 Å². The zero-order chi connectivity index (χ0) is 20.7. The smallest absolute Gasteiger partial charge is 0.339 e. The molecule has 0 aliphatic rings. The van der Waals surface area contributed by atoms with E-state index in [0.29, 0.717) is 12.3 Å². The van der Waals surface area contributed by atoms with E-state index in [1.54, 1.807) is 24.1 Å². The minimum atomic E-state index is -1.04. The Hall–Kier alpha value is -3.02. The fourth-order valence-corrected chi connectivity index (χ4v) is 2.89. The summed E-state index contributed by atoms with van der Waals surface area (Å²) in [6.45, 7) is 6.40. The first kappa shape index (κ1) is 21.3. The number of nitrogens with zero attached hydrogens (tertiary/aromatic N) is 1. The van der Waals surface area contributed by atoms with Crippen molar-refractivity contribution in [3.05, 3.63) is 48.0 Å². The van der Waals surface area contributed by atoms with Gasteiger partial charge in [-0.1, -0.05) is 31.5 Å². The van der Waals surface area contributed by atoms with Crippen LogP contribution in [0.2, 0.25) is 0 Å². The molecule has 0 fully saturated rings. The SMILES string of the molecule is CCCCN(C(=O)NC)c1cccc(-c2ccc(OC(C)C)c(C(=O)O)c2)c1. The van der Waals surface area contributed by atoms with Gasteiger partial charge in [0, 0.05) is 19.3 Å². The second-order valence-corrected chi connectivity index (χ2v) is 6.79. The summed E-state index contributed by atoms with van der Waals surface area (Å²) in [7, 11) is 1.61. The van der Waals surface area contributed by atoms with Gasteiger partial charge in [-0.3, -0.25) is 4.90 Å². The Balaban J connectivity index is 2.43. The molecule has 0 spiro atoms. The molecule has 28 heavy (non-hydrogen) atoms. The van der Waals surface area contributed by atoms with Crippen LogP contribution in [0.1, 0.15) is 44.0 Å². The number of urea groups is 1. The number of hydrogen-bond acceptors (Lipinski definition) is 3. The molecular formula is C22H28N2O4.